The summed E-state index contributed by atoms with van der Waals surface area (Å²) in [4.78, 5) is 2.46. The summed E-state index contributed by atoms with van der Waals surface area (Å²) < 4.78 is 2.46. The Bertz CT molecular complexity index is 1400. The lowest BCUT2D eigenvalue weighted by molar-refractivity contribution is -0.437. The molecule has 0 saturated carbocycles. The Morgan fingerprint density at radius 3 is 2.29 bits per heavy atom. The maximum atomic E-state index is 11.2. The van der Waals surface area contributed by atoms with Crippen molar-refractivity contribution in [3.8, 4) is 0 Å². The van der Waals surface area contributed by atoms with Gasteiger partial charge in [0.25, 0.3) is 0 Å². The summed E-state index contributed by atoms with van der Waals surface area (Å²) in [6.07, 6.45) is 12.7. The minimum Gasteiger partial charge on any atom is -0.507 e. The fourth-order valence-electron chi connectivity index (χ4n) is 6.61. The molecule has 1 N–H and O–H groups in total. The highest BCUT2D eigenvalue weighted by molar-refractivity contribution is 6.03. The largest absolute Gasteiger partial charge is 0.507 e. The van der Waals surface area contributed by atoms with Gasteiger partial charge in [0.1, 0.15) is 12.3 Å². The second-order valence-corrected chi connectivity index (χ2v) is 11.9. The highest BCUT2D eigenvalue weighted by Crippen LogP contribution is 2.48. The Hall–Kier alpha value is -3.33. The topological polar surface area (TPSA) is 26.5 Å². The van der Waals surface area contributed by atoms with Crippen molar-refractivity contribution in [2.24, 2.45) is 0 Å². The van der Waals surface area contributed by atoms with Crippen LogP contribution in [0.3, 0.4) is 0 Å². The van der Waals surface area contributed by atoms with Crippen molar-refractivity contribution in [3.63, 3.8) is 0 Å². The maximum Gasteiger partial charge on any atom is 0.209 e. The van der Waals surface area contributed by atoms with E-state index in [4.69, 9.17) is 0 Å². The lowest BCUT2D eigenvalue weighted by Crippen LogP contribution is -2.27. The van der Waals surface area contributed by atoms with Crippen molar-refractivity contribution >= 4 is 17.1 Å². The number of hydrogen-bond donors (Lipinski definition) is 1. The van der Waals surface area contributed by atoms with Crippen molar-refractivity contribution < 1.29 is 9.68 Å². The molecule has 3 nitrogen and oxygen atoms in total. The van der Waals surface area contributed by atoms with Gasteiger partial charge in [0, 0.05) is 47.5 Å². The Kier molecular flexibility index (Phi) is 6.98. The highest BCUT2D eigenvalue weighted by Gasteiger charge is 2.44. The van der Waals surface area contributed by atoms with Crippen molar-refractivity contribution in [2.45, 2.75) is 78.1 Å². The molecule has 0 radical (unpaired) electrons. The molecule has 2 aromatic carbocycles. The van der Waals surface area contributed by atoms with Crippen molar-refractivity contribution in [2.75, 3.05) is 18.0 Å². The number of allylic oxidation sites excluding steroid dienone is 7. The molecule has 38 heavy (non-hydrogen) atoms. The standard InChI is InChI=1S/C35H42N2O/c1-7-23-36-29-15-11-9-13-27(29)34(3,4)31(36)21-19-25-17-18-26(33(25)38)20-22-32-35(5,6)28-14-10-12-16-30(28)37(32)24-8-2/h9-16,19-22H,7-8,17-18,23-24H2,1-6H3/p+1/b25-19+,31-21+. The van der Waals surface area contributed by atoms with Gasteiger partial charge in [-0.3, -0.25) is 0 Å². The first-order chi connectivity index (χ1) is 18.2. The zero-order chi connectivity index (χ0) is 27.1. The Morgan fingerprint density at radius 2 is 1.55 bits per heavy atom. The number of nitrogens with zero attached hydrogens (tertiary/aromatic N) is 2. The Labute approximate surface area is 229 Å². The summed E-state index contributed by atoms with van der Waals surface area (Å²) >= 11 is 0. The predicted octanol–water partition coefficient (Wildman–Crippen LogP) is 8.65. The molecule has 0 amide bonds. The quantitative estimate of drug-likeness (QED) is 0.380. The van der Waals surface area contributed by atoms with E-state index >= 15 is 0 Å². The molecule has 198 valence electrons. The zero-order valence-corrected chi connectivity index (χ0v) is 24.0. The predicted molar refractivity (Wildman–Crippen MR) is 161 cm³/mol. The van der Waals surface area contributed by atoms with E-state index in [-0.39, 0.29) is 10.8 Å². The lowest BCUT2D eigenvalue weighted by atomic mass is 9.81. The molecule has 2 aliphatic heterocycles. The number of rotatable bonds is 7. The summed E-state index contributed by atoms with van der Waals surface area (Å²) in [5, 5.41) is 11.2. The van der Waals surface area contributed by atoms with Crippen LogP contribution in [0, 0.1) is 0 Å². The Morgan fingerprint density at radius 1 is 0.842 bits per heavy atom. The first-order valence-corrected chi connectivity index (χ1v) is 14.3. The number of aliphatic hydroxyl groups excluding tert-OH is 1. The van der Waals surface area contributed by atoms with Crippen LogP contribution in [0.1, 0.15) is 78.4 Å². The molecule has 3 aliphatic rings. The normalized spacial score (nSPS) is 21.9. The van der Waals surface area contributed by atoms with E-state index in [1.807, 2.05) is 0 Å². The summed E-state index contributed by atoms with van der Waals surface area (Å²) in [5.74, 6) is 0.449. The average molecular weight is 508 g/mol. The zero-order valence-electron chi connectivity index (χ0n) is 24.0. The van der Waals surface area contributed by atoms with Gasteiger partial charge >= 0.3 is 0 Å². The SMILES string of the molecule is CCCN1/C(=C/C=C2\CCC(/C=C/C3=[N+](CCC)c4ccccc4C3(C)C)=C2O)C(C)(C)c2ccccc21. The van der Waals surface area contributed by atoms with Gasteiger partial charge in [0.05, 0.1) is 5.41 Å². The number of hydrogen-bond acceptors (Lipinski definition) is 2. The van der Waals surface area contributed by atoms with Crippen LogP contribution in [-0.2, 0) is 10.8 Å². The smallest absolute Gasteiger partial charge is 0.209 e. The van der Waals surface area contributed by atoms with Gasteiger partial charge in [-0.05, 0) is 68.0 Å². The van der Waals surface area contributed by atoms with Crippen LogP contribution in [0.25, 0.3) is 0 Å². The summed E-state index contributed by atoms with van der Waals surface area (Å²) in [6, 6.07) is 17.5. The molecule has 0 spiro atoms. The number of para-hydroxylation sites is 2. The lowest BCUT2D eigenvalue weighted by Gasteiger charge is -2.26. The van der Waals surface area contributed by atoms with Gasteiger partial charge < -0.3 is 10.0 Å². The summed E-state index contributed by atoms with van der Waals surface area (Å²) in [7, 11) is 0. The molecule has 0 fully saturated rings. The third-order valence-corrected chi connectivity index (χ3v) is 8.65. The monoisotopic (exact) mass is 507 g/mol. The molecule has 0 unspecified atom stereocenters. The van der Waals surface area contributed by atoms with Crippen LogP contribution < -0.4 is 4.90 Å². The second-order valence-electron chi connectivity index (χ2n) is 11.9. The fraction of sp³-hybridized carbons (Fsp3) is 0.400. The number of aliphatic hydroxyl groups is 1. The molecule has 3 heteroatoms. The second kappa shape index (κ2) is 10.1. The minimum atomic E-state index is -0.0636. The Balaban J connectivity index is 1.46. The van der Waals surface area contributed by atoms with Crippen LogP contribution in [-0.4, -0.2) is 28.5 Å². The van der Waals surface area contributed by atoms with Crippen LogP contribution in [0.4, 0.5) is 11.4 Å². The number of fused-ring (bicyclic) bond motifs is 2. The van der Waals surface area contributed by atoms with Crippen LogP contribution in [0.2, 0.25) is 0 Å². The summed E-state index contributed by atoms with van der Waals surface area (Å²) in [6.45, 7) is 15.7. The van der Waals surface area contributed by atoms with Gasteiger partial charge in [-0.25, -0.2) is 0 Å². The van der Waals surface area contributed by atoms with Gasteiger partial charge in [-0.1, -0.05) is 70.2 Å². The van der Waals surface area contributed by atoms with Crippen molar-refractivity contribution in [1.29, 1.82) is 0 Å². The van der Waals surface area contributed by atoms with Gasteiger partial charge in [0.15, 0.2) is 5.71 Å². The third kappa shape index (κ3) is 4.26. The van der Waals surface area contributed by atoms with E-state index in [1.165, 1.54) is 33.9 Å². The van der Waals surface area contributed by atoms with Crippen molar-refractivity contribution in [1.82, 2.24) is 0 Å². The highest BCUT2D eigenvalue weighted by atomic mass is 16.3. The van der Waals surface area contributed by atoms with E-state index < -0.39 is 0 Å². The minimum absolute atomic E-state index is 0.0636. The van der Waals surface area contributed by atoms with E-state index in [0.29, 0.717) is 5.76 Å². The van der Waals surface area contributed by atoms with E-state index in [0.717, 1.165) is 49.9 Å². The number of anilines is 1. The number of benzene rings is 2. The molecular formula is C35H43N2O+. The molecule has 0 saturated heterocycles. The molecule has 0 aromatic heterocycles. The molecule has 5 rings (SSSR count). The molecule has 1 aliphatic carbocycles. The average Bonchev–Trinajstić information content (AvgIpc) is 3.43. The first kappa shape index (κ1) is 26.3. The fourth-order valence-corrected chi connectivity index (χ4v) is 6.61. The van der Waals surface area contributed by atoms with Crippen LogP contribution in [0.15, 0.2) is 95.4 Å². The van der Waals surface area contributed by atoms with Gasteiger partial charge in [0.2, 0.25) is 5.69 Å². The van der Waals surface area contributed by atoms with Gasteiger partial charge in [-0.15, -0.1) is 0 Å². The summed E-state index contributed by atoms with van der Waals surface area (Å²) in [5.41, 5.74) is 9.93. The van der Waals surface area contributed by atoms with E-state index in [2.05, 4.69) is 124 Å². The van der Waals surface area contributed by atoms with Crippen molar-refractivity contribution in [3.05, 3.63) is 107 Å². The van der Waals surface area contributed by atoms with Crippen LogP contribution >= 0.6 is 0 Å². The molecule has 0 bridgehead atoms. The molecule has 2 heterocycles. The van der Waals surface area contributed by atoms with E-state index in [1.54, 1.807) is 0 Å². The molecular weight excluding hydrogens is 464 g/mol. The molecule has 2 aromatic rings. The van der Waals surface area contributed by atoms with Crippen LogP contribution in [0.5, 0.6) is 0 Å². The first-order valence-electron chi connectivity index (χ1n) is 14.3. The third-order valence-electron chi connectivity index (χ3n) is 8.65. The van der Waals surface area contributed by atoms with E-state index in [9.17, 15) is 5.11 Å². The maximum absolute atomic E-state index is 11.2. The molecule has 0 atom stereocenters. The van der Waals surface area contributed by atoms with Gasteiger partial charge in [-0.2, -0.15) is 4.58 Å².